The van der Waals surface area contributed by atoms with Crippen molar-refractivity contribution >= 4 is 44.5 Å². The van der Waals surface area contributed by atoms with Crippen LogP contribution in [0.4, 0.5) is 0 Å². The Morgan fingerprint density at radius 3 is 2.91 bits per heavy atom. The second-order valence-electron chi connectivity index (χ2n) is 5.22. The van der Waals surface area contributed by atoms with E-state index in [1.807, 2.05) is 32.2 Å². The summed E-state index contributed by atoms with van der Waals surface area (Å²) in [6.45, 7) is 2.25. The molecule has 1 amide bonds. The Kier molecular flexibility index (Phi) is 4.37. The summed E-state index contributed by atoms with van der Waals surface area (Å²) in [7, 11) is 1.83. The number of hydrogen-bond donors (Lipinski definition) is 1. The standard InChI is InChI=1S/C16H14BrClN4O/c1-9-13-5-11(8-19-15(13)22(2)21-9)16(23)20-7-10-3-4-12(17)6-14(10)18/h3-6,8H,7H2,1-2H3,(H,20,23). The van der Waals surface area contributed by atoms with E-state index in [2.05, 4.69) is 31.3 Å². The van der Waals surface area contributed by atoms with Gasteiger partial charge in [-0.25, -0.2) is 4.98 Å². The van der Waals surface area contributed by atoms with Gasteiger partial charge in [0, 0.05) is 34.7 Å². The summed E-state index contributed by atoms with van der Waals surface area (Å²) >= 11 is 9.51. The van der Waals surface area contributed by atoms with Crippen molar-refractivity contribution in [1.82, 2.24) is 20.1 Å². The van der Waals surface area contributed by atoms with Crippen LogP contribution in [0.15, 0.2) is 34.9 Å². The molecule has 7 heteroatoms. The molecule has 2 heterocycles. The Hall–Kier alpha value is -1.92. The SMILES string of the molecule is Cc1nn(C)c2ncc(C(=O)NCc3ccc(Br)cc3Cl)cc12. The summed E-state index contributed by atoms with van der Waals surface area (Å²) in [6, 6.07) is 7.37. The van der Waals surface area contributed by atoms with E-state index in [0.717, 1.165) is 26.8 Å². The third kappa shape index (κ3) is 3.23. The van der Waals surface area contributed by atoms with Crippen LogP contribution in [0.2, 0.25) is 5.02 Å². The maximum absolute atomic E-state index is 12.3. The number of halogens is 2. The first-order chi connectivity index (χ1) is 11.0. The van der Waals surface area contributed by atoms with Gasteiger partial charge in [0.15, 0.2) is 5.65 Å². The first-order valence-corrected chi connectivity index (χ1v) is 8.14. The molecule has 2 aromatic heterocycles. The molecule has 0 unspecified atom stereocenters. The lowest BCUT2D eigenvalue weighted by atomic mass is 10.2. The number of rotatable bonds is 3. The summed E-state index contributed by atoms with van der Waals surface area (Å²) in [6.07, 6.45) is 1.56. The van der Waals surface area contributed by atoms with E-state index in [9.17, 15) is 4.79 Å². The monoisotopic (exact) mass is 392 g/mol. The van der Waals surface area contributed by atoms with Crippen molar-refractivity contribution in [3.05, 3.63) is 56.8 Å². The van der Waals surface area contributed by atoms with Gasteiger partial charge in [-0.15, -0.1) is 0 Å². The summed E-state index contributed by atoms with van der Waals surface area (Å²) in [5.41, 5.74) is 2.97. The van der Waals surface area contributed by atoms with Gasteiger partial charge >= 0.3 is 0 Å². The number of aryl methyl sites for hydroxylation is 2. The highest BCUT2D eigenvalue weighted by molar-refractivity contribution is 9.10. The van der Waals surface area contributed by atoms with E-state index in [0.29, 0.717) is 17.1 Å². The minimum Gasteiger partial charge on any atom is -0.348 e. The fraction of sp³-hybridized carbons (Fsp3) is 0.188. The van der Waals surface area contributed by atoms with E-state index in [1.54, 1.807) is 16.9 Å². The highest BCUT2D eigenvalue weighted by Gasteiger charge is 2.12. The molecule has 0 fully saturated rings. The number of nitrogens with one attached hydrogen (secondary N) is 1. The minimum absolute atomic E-state index is 0.193. The molecule has 1 aromatic carbocycles. The first kappa shape index (κ1) is 16.0. The molecule has 0 bridgehead atoms. The molecule has 0 aliphatic heterocycles. The van der Waals surface area contributed by atoms with E-state index in [1.165, 1.54) is 0 Å². The average molecular weight is 394 g/mol. The molecule has 0 radical (unpaired) electrons. The number of nitrogens with zero attached hydrogens (tertiary/aromatic N) is 3. The lowest BCUT2D eigenvalue weighted by Crippen LogP contribution is -2.23. The molecule has 0 atom stereocenters. The third-order valence-corrected chi connectivity index (χ3v) is 4.42. The van der Waals surface area contributed by atoms with Crippen molar-refractivity contribution in [2.45, 2.75) is 13.5 Å². The van der Waals surface area contributed by atoms with Crippen molar-refractivity contribution in [1.29, 1.82) is 0 Å². The van der Waals surface area contributed by atoms with Crippen LogP contribution in [0.1, 0.15) is 21.6 Å². The minimum atomic E-state index is -0.193. The van der Waals surface area contributed by atoms with Crippen molar-refractivity contribution in [3.8, 4) is 0 Å². The van der Waals surface area contributed by atoms with Crippen LogP contribution in [0.25, 0.3) is 11.0 Å². The molecule has 0 saturated heterocycles. The number of benzene rings is 1. The van der Waals surface area contributed by atoms with Crippen molar-refractivity contribution < 1.29 is 4.79 Å². The fourth-order valence-corrected chi connectivity index (χ4v) is 3.11. The second-order valence-corrected chi connectivity index (χ2v) is 6.55. The van der Waals surface area contributed by atoms with Gasteiger partial charge in [0.1, 0.15) is 0 Å². The number of amides is 1. The Balaban J connectivity index is 1.79. The summed E-state index contributed by atoms with van der Waals surface area (Å²) in [4.78, 5) is 16.6. The molecule has 1 N–H and O–H groups in total. The molecule has 0 spiro atoms. The van der Waals surface area contributed by atoms with Crippen LogP contribution < -0.4 is 5.32 Å². The van der Waals surface area contributed by atoms with E-state index in [-0.39, 0.29) is 5.91 Å². The molecule has 23 heavy (non-hydrogen) atoms. The van der Waals surface area contributed by atoms with E-state index in [4.69, 9.17) is 11.6 Å². The average Bonchev–Trinajstić information content (AvgIpc) is 2.80. The number of fused-ring (bicyclic) bond motifs is 1. The molecular formula is C16H14BrClN4O. The number of aromatic nitrogens is 3. The Morgan fingerprint density at radius 2 is 2.17 bits per heavy atom. The number of carbonyl (C=O) groups excluding carboxylic acids is 1. The molecule has 118 valence electrons. The number of carbonyl (C=O) groups is 1. The Morgan fingerprint density at radius 1 is 1.39 bits per heavy atom. The lowest BCUT2D eigenvalue weighted by Gasteiger charge is -2.07. The Labute approximate surface area is 146 Å². The second kappa shape index (κ2) is 6.29. The molecule has 0 aliphatic rings. The van der Waals surface area contributed by atoms with Crippen LogP contribution in [-0.4, -0.2) is 20.7 Å². The Bertz CT molecular complexity index is 906. The molecule has 3 aromatic rings. The normalized spacial score (nSPS) is 11.0. The van der Waals surface area contributed by atoms with Gasteiger partial charge in [0.2, 0.25) is 0 Å². The van der Waals surface area contributed by atoms with Gasteiger partial charge in [-0.1, -0.05) is 33.6 Å². The summed E-state index contributed by atoms with van der Waals surface area (Å²) in [5, 5.41) is 8.65. The molecular weight excluding hydrogens is 380 g/mol. The van der Waals surface area contributed by atoms with Crippen LogP contribution in [0.3, 0.4) is 0 Å². The fourth-order valence-electron chi connectivity index (χ4n) is 2.37. The van der Waals surface area contributed by atoms with Crippen molar-refractivity contribution in [3.63, 3.8) is 0 Å². The quantitative estimate of drug-likeness (QED) is 0.739. The van der Waals surface area contributed by atoms with Gasteiger partial charge in [-0.05, 0) is 30.7 Å². The van der Waals surface area contributed by atoms with Crippen LogP contribution >= 0.6 is 27.5 Å². The van der Waals surface area contributed by atoms with Gasteiger partial charge in [-0.3, -0.25) is 9.48 Å². The molecule has 0 saturated carbocycles. The highest BCUT2D eigenvalue weighted by atomic mass is 79.9. The zero-order valence-corrected chi connectivity index (χ0v) is 14.9. The van der Waals surface area contributed by atoms with Crippen molar-refractivity contribution in [2.24, 2.45) is 7.05 Å². The molecule has 3 rings (SSSR count). The van der Waals surface area contributed by atoms with E-state index < -0.39 is 0 Å². The zero-order valence-electron chi connectivity index (χ0n) is 12.6. The topological polar surface area (TPSA) is 59.8 Å². The number of hydrogen-bond acceptors (Lipinski definition) is 3. The van der Waals surface area contributed by atoms with Crippen molar-refractivity contribution in [2.75, 3.05) is 0 Å². The largest absolute Gasteiger partial charge is 0.348 e. The summed E-state index contributed by atoms with van der Waals surface area (Å²) in [5.74, 6) is -0.193. The number of pyridine rings is 1. The third-order valence-electron chi connectivity index (χ3n) is 3.58. The van der Waals surface area contributed by atoms with Gasteiger partial charge in [-0.2, -0.15) is 5.10 Å². The van der Waals surface area contributed by atoms with Crippen LogP contribution in [0.5, 0.6) is 0 Å². The van der Waals surface area contributed by atoms with Gasteiger partial charge in [0.25, 0.3) is 5.91 Å². The predicted molar refractivity (Wildman–Crippen MR) is 93.6 cm³/mol. The van der Waals surface area contributed by atoms with Gasteiger partial charge in [0.05, 0.1) is 11.3 Å². The lowest BCUT2D eigenvalue weighted by molar-refractivity contribution is 0.0950. The first-order valence-electron chi connectivity index (χ1n) is 6.97. The predicted octanol–water partition coefficient (Wildman–Crippen LogP) is 3.62. The van der Waals surface area contributed by atoms with E-state index >= 15 is 0 Å². The maximum Gasteiger partial charge on any atom is 0.253 e. The highest BCUT2D eigenvalue weighted by Crippen LogP contribution is 2.21. The maximum atomic E-state index is 12.3. The smallest absolute Gasteiger partial charge is 0.253 e. The summed E-state index contributed by atoms with van der Waals surface area (Å²) < 4.78 is 2.60. The van der Waals surface area contributed by atoms with Crippen LogP contribution in [-0.2, 0) is 13.6 Å². The zero-order chi connectivity index (χ0) is 16.6. The van der Waals surface area contributed by atoms with Gasteiger partial charge < -0.3 is 5.32 Å². The molecule has 5 nitrogen and oxygen atoms in total. The van der Waals surface area contributed by atoms with Crippen LogP contribution in [0, 0.1) is 6.92 Å². The molecule has 0 aliphatic carbocycles.